The topological polar surface area (TPSA) is 75.6 Å². The first-order valence-corrected chi connectivity index (χ1v) is 8.51. The Balaban J connectivity index is 1.67. The third kappa shape index (κ3) is 3.51. The number of hydrogen-bond donors (Lipinski definition) is 0. The Bertz CT molecular complexity index is 815. The van der Waals surface area contributed by atoms with E-state index in [-0.39, 0.29) is 11.8 Å². The van der Waals surface area contributed by atoms with Crippen LogP contribution in [0, 0.1) is 13.8 Å². The number of ether oxygens (including phenoxy) is 1. The second-order valence-electron chi connectivity index (χ2n) is 6.31. The molecule has 1 saturated heterocycles. The van der Waals surface area contributed by atoms with E-state index in [0.29, 0.717) is 37.4 Å². The minimum absolute atomic E-state index is 0.0140. The average Bonchev–Trinajstić information content (AvgIpc) is 2.69. The lowest BCUT2D eigenvalue weighted by Crippen LogP contribution is -2.50. The molecule has 7 nitrogen and oxygen atoms in total. The number of amides is 2. The zero-order valence-electron chi connectivity index (χ0n) is 15.2. The molecule has 0 unspecified atom stereocenters. The number of hydrogen-bond acceptors (Lipinski definition) is 5. The van der Waals surface area contributed by atoms with Crippen molar-refractivity contribution in [2.45, 2.75) is 13.8 Å². The molecule has 0 aliphatic carbocycles. The van der Waals surface area contributed by atoms with Gasteiger partial charge < -0.3 is 14.5 Å². The van der Waals surface area contributed by atoms with Gasteiger partial charge in [0.15, 0.2) is 0 Å². The van der Waals surface area contributed by atoms with E-state index >= 15 is 0 Å². The normalized spacial score (nSPS) is 14.3. The molecule has 0 spiro atoms. The zero-order chi connectivity index (χ0) is 18.7. The Labute approximate surface area is 152 Å². The summed E-state index contributed by atoms with van der Waals surface area (Å²) < 4.78 is 5.31. The standard InChI is InChI=1S/C19H22N4O3/c1-13-11-17(26-3)14(2)10-15(13)18(24)22-6-8-23(9-7-22)19(25)16-12-20-4-5-21-16/h4-5,10-12H,6-9H2,1-3H3. The molecule has 26 heavy (non-hydrogen) atoms. The highest BCUT2D eigenvalue weighted by Gasteiger charge is 2.27. The van der Waals surface area contributed by atoms with E-state index in [1.807, 2.05) is 26.0 Å². The average molecular weight is 354 g/mol. The van der Waals surface area contributed by atoms with Gasteiger partial charge in [-0.2, -0.15) is 0 Å². The fourth-order valence-electron chi connectivity index (χ4n) is 3.09. The van der Waals surface area contributed by atoms with Gasteiger partial charge in [0.25, 0.3) is 11.8 Å². The van der Waals surface area contributed by atoms with Gasteiger partial charge in [-0.25, -0.2) is 4.98 Å². The number of carbonyl (C=O) groups is 2. The third-order valence-corrected chi connectivity index (χ3v) is 4.61. The molecule has 2 heterocycles. The van der Waals surface area contributed by atoms with Crippen molar-refractivity contribution in [1.82, 2.24) is 19.8 Å². The lowest BCUT2D eigenvalue weighted by molar-refractivity contribution is 0.0531. The quantitative estimate of drug-likeness (QED) is 0.839. The Morgan fingerprint density at radius 1 is 0.962 bits per heavy atom. The summed E-state index contributed by atoms with van der Waals surface area (Å²) in [5, 5.41) is 0. The van der Waals surface area contributed by atoms with Gasteiger partial charge in [-0.1, -0.05) is 0 Å². The molecule has 1 aromatic heterocycles. The first-order valence-electron chi connectivity index (χ1n) is 8.51. The minimum atomic E-state index is -0.151. The summed E-state index contributed by atoms with van der Waals surface area (Å²) in [5.74, 6) is 0.611. The van der Waals surface area contributed by atoms with Crippen LogP contribution in [-0.4, -0.2) is 64.9 Å². The van der Waals surface area contributed by atoms with E-state index in [4.69, 9.17) is 4.74 Å². The van der Waals surface area contributed by atoms with Gasteiger partial charge in [-0.05, 0) is 37.1 Å². The van der Waals surface area contributed by atoms with Crippen LogP contribution in [0.15, 0.2) is 30.7 Å². The number of aryl methyl sites for hydroxylation is 2. The van der Waals surface area contributed by atoms with Crippen molar-refractivity contribution in [3.8, 4) is 5.75 Å². The van der Waals surface area contributed by atoms with Crippen LogP contribution in [0.2, 0.25) is 0 Å². The summed E-state index contributed by atoms with van der Waals surface area (Å²) in [6, 6.07) is 3.75. The second-order valence-corrected chi connectivity index (χ2v) is 6.31. The van der Waals surface area contributed by atoms with Gasteiger partial charge in [0, 0.05) is 44.1 Å². The first kappa shape index (κ1) is 17.8. The van der Waals surface area contributed by atoms with Gasteiger partial charge >= 0.3 is 0 Å². The predicted molar refractivity (Wildman–Crippen MR) is 96.3 cm³/mol. The number of aromatic nitrogens is 2. The van der Waals surface area contributed by atoms with Crippen molar-refractivity contribution >= 4 is 11.8 Å². The van der Waals surface area contributed by atoms with Gasteiger partial charge in [0.05, 0.1) is 13.3 Å². The van der Waals surface area contributed by atoms with Crippen LogP contribution < -0.4 is 4.74 Å². The third-order valence-electron chi connectivity index (χ3n) is 4.61. The SMILES string of the molecule is COc1cc(C)c(C(=O)N2CCN(C(=O)c3cnccn3)CC2)cc1C. The molecule has 3 rings (SSSR count). The Hall–Kier alpha value is -2.96. The molecule has 1 fully saturated rings. The van der Waals surface area contributed by atoms with Crippen molar-refractivity contribution in [3.05, 3.63) is 53.1 Å². The molecule has 1 aliphatic heterocycles. The summed E-state index contributed by atoms with van der Waals surface area (Å²) in [5.41, 5.74) is 2.82. The summed E-state index contributed by atoms with van der Waals surface area (Å²) in [4.78, 5) is 36.8. The first-order chi connectivity index (χ1) is 12.5. The maximum absolute atomic E-state index is 12.9. The Kier molecular flexibility index (Phi) is 5.16. The Morgan fingerprint density at radius 3 is 2.19 bits per heavy atom. The molecule has 0 radical (unpaired) electrons. The van der Waals surface area contributed by atoms with E-state index in [2.05, 4.69) is 9.97 Å². The maximum Gasteiger partial charge on any atom is 0.274 e. The highest BCUT2D eigenvalue weighted by molar-refractivity contribution is 5.96. The number of methoxy groups -OCH3 is 1. The number of nitrogens with zero attached hydrogens (tertiary/aromatic N) is 4. The maximum atomic E-state index is 12.9. The summed E-state index contributed by atoms with van der Waals surface area (Å²) in [6.07, 6.45) is 4.50. The van der Waals surface area contributed by atoms with E-state index < -0.39 is 0 Å². The second kappa shape index (κ2) is 7.51. The molecule has 2 amide bonds. The molecule has 0 atom stereocenters. The minimum Gasteiger partial charge on any atom is -0.496 e. The van der Waals surface area contributed by atoms with Crippen molar-refractivity contribution < 1.29 is 14.3 Å². The Morgan fingerprint density at radius 2 is 1.62 bits per heavy atom. The van der Waals surface area contributed by atoms with Crippen LogP contribution in [0.3, 0.4) is 0 Å². The molecule has 136 valence electrons. The summed E-state index contributed by atoms with van der Waals surface area (Å²) in [7, 11) is 1.62. The van der Waals surface area contributed by atoms with Crippen molar-refractivity contribution in [2.75, 3.05) is 33.3 Å². The van der Waals surface area contributed by atoms with Crippen molar-refractivity contribution in [3.63, 3.8) is 0 Å². The van der Waals surface area contributed by atoms with Gasteiger partial charge in [0.2, 0.25) is 0 Å². The smallest absolute Gasteiger partial charge is 0.274 e. The van der Waals surface area contributed by atoms with Crippen molar-refractivity contribution in [1.29, 1.82) is 0 Å². The summed E-state index contributed by atoms with van der Waals surface area (Å²) >= 11 is 0. The number of piperazine rings is 1. The molecule has 1 aromatic carbocycles. The van der Waals surface area contributed by atoms with Gasteiger partial charge in [0.1, 0.15) is 11.4 Å². The molecule has 0 N–H and O–H groups in total. The number of rotatable bonds is 3. The highest BCUT2D eigenvalue weighted by atomic mass is 16.5. The monoisotopic (exact) mass is 354 g/mol. The van der Waals surface area contributed by atoms with Crippen LogP contribution in [-0.2, 0) is 0 Å². The van der Waals surface area contributed by atoms with E-state index in [1.165, 1.54) is 18.6 Å². The van der Waals surface area contributed by atoms with Gasteiger partial charge in [-0.15, -0.1) is 0 Å². The molecular weight excluding hydrogens is 332 g/mol. The molecule has 7 heteroatoms. The van der Waals surface area contributed by atoms with Gasteiger partial charge in [-0.3, -0.25) is 14.6 Å². The summed E-state index contributed by atoms with van der Waals surface area (Å²) in [6.45, 7) is 5.78. The highest BCUT2D eigenvalue weighted by Crippen LogP contribution is 2.24. The lowest BCUT2D eigenvalue weighted by atomic mass is 10.0. The predicted octanol–water partition coefficient (Wildman–Crippen LogP) is 1.70. The van der Waals surface area contributed by atoms with Crippen molar-refractivity contribution in [2.24, 2.45) is 0 Å². The molecular formula is C19H22N4O3. The largest absolute Gasteiger partial charge is 0.496 e. The van der Waals surface area contributed by atoms with E-state index in [1.54, 1.807) is 16.9 Å². The fraction of sp³-hybridized carbons (Fsp3) is 0.368. The number of carbonyl (C=O) groups excluding carboxylic acids is 2. The number of benzene rings is 1. The van der Waals surface area contributed by atoms with Crippen LogP contribution in [0.5, 0.6) is 5.75 Å². The molecule has 0 bridgehead atoms. The molecule has 0 saturated carbocycles. The van der Waals surface area contributed by atoms with Crippen LogP contribution in [0.1, 0.15) is 32.0 Å². The van der Waals surface area contributed by atoms with Crippen LogP contribution in [0.25, 0.3) is 0 Å². The van der Waals surface area contributed by atoms with E-state index in [9.17, 15) is 9.59 Å². The lowest BCUT2D eigenvalue weighted by Gasteiger charge is -2.35. The molecule has 1 aliphatic rings. The fourth-order valence-corrected chi connectivity index (χ4v) is 3.09. The van der Waals surface area contributed by atoms with Crippen LogP contribution in [0.4, 0.5) is 0 Å². The molecule has 2 aromatic rings. The van der Waals surface area contributed by atoms with Crippen LogP contribution >= 0.6 is 0 Å². The zero-order valence-corrected chi connectivity index (χ0v) is 15.2. The van der Waals surface area contributed by atoms with E-state index in [0.717, 1.165) is 16.9 Å².